The summed E-state index contributed by atoms with van der Waals surface area (Å²) in [6.07, 6.45) is -1.37. The molecular formula is C90H123N15O36. The number of amides is 6. The molecule has 0 heterocycles. The van der Waals surface area contributed by atoms with Gasteiger partial charge in [0.2, 0.25) is 17.7 Å². The molecule has 0 aliphatic rings. The van der Waals surface area contributed by atoms with Crippen LogP contribution in [0, 0.1) is 0 Å². The van der Waals surface area contributed by atoms with Gasteiger partial charge >= 0.3 is 89.5 Å². The van der Waals surface area contributed by atoms with E-state index in [4.69, 9.17) is 0 Å². The normalized spacial score (nSPS) is 12.7. The van der Waals surface area contributed by atoms with Crippen molar-refractivity contribution >= 4 is 125 Å². The molecule has 0 saturated heterocycles. The molecule has 4 aromatic carbocycles. The van der Waals surface area contributed by atoms with E-state index in [2.05, 4.69) is 31.9 Å². The molecule has 6 atom stereocenters. The standard InChI is InChI=1S/C90H123N15O36/c106-70(107)46-97(47-71(108)109)28-34-103(35-29-98(48-72(110)111)49-73(112)113)67(88(136)137)22-10-13-25-91-85(133)64(40-58-16-4-1-5-17-58)94-82(130)61-43-62(83(131)95-65(41-59-18-6-2-7-19-59)86(134)92-26-14-11-23-68(89(138)139)104(36-30-99(50-74(114)115)51-75(116)117)37-31-100(52-76(118)119)53-77(120)121)45-63(44-61)84(132)96-66(42-60-20-8-3-9-21-60)87(135)93-27-15-12-24-69(90(140)141)105(38-32-101(54-78(122)123)55-79(124)125)39-33-102(56-80(126)127)57-81(128)129/h1-9,16-21,43-45,64-69H,10-15,22-42,46-57H2,(H,91,133)(H,92,134)(H,93,135)(H,94,130)(H,95,131)(H,96,132)(H,106,107)(H,108,109)(H,110,111)(H,112,113)(H,114,115)(H,116,117)(H,118,119)(H,120,121)(H,122,123)(H,124,125)(H,126,127)(H,128,129)(H,136,137)(H,138,139)(H,140,141)/t64-,65-,66-,67-,68-,69-/m0/s1. The van der Waals surface area contributed by atoms with Crippen LogP contribution in [0.4, 0.5) is 0 Å². The molecule has 6 amide bonds. The Labute approximate surface area is 807 Å². The highest BCUT2D eigenvalue weighted by atomic mass is 16.4. The third-order valence-corrected chi connectivity index (χ3v) is 21.7. The van der Waals surface area contributed by atoms with Crippen molar-refractivity contribution in [1.29, 1.82) is 0 Å². The minimum atomic E-state index is -1.53. The van der Waals surface area contributed by atoms with Crippen molar-refractivity contribution in [2.45, 2.75) is 113 Å². The van der Waals surface area contributed by atoms with Gasteiger partial charge in [0.05, 0.1) is 78.5 Å². The first-order chi connectivity index (χ1) is 66.7. The summed E-state index contributed by atoms with van der Waals surface area (Å²) in [5.41, 5.74) is -0.0896. The summed E-state index contributed by atoms with van der Waals surface area (Å²) in [6, 6.07) is 18.5. The van der Waals surface area contributed by atoms with Crippen LogP contribution in [-0.2, 0) is 106 Å². The Balaban J connectivity index is 1.81. The molecule has 4 aromatic rings. The third kappa shape index (κ3) is 50.0. The molecule has 4 rings (SSSR count). The van der Waals surface area contributed by atoms with Crippen molar-refractivity contribution in [3.8, 4) is 0 Å². The monoisotopic (exact) mass is 1990 g/mol. The van der Waals surface area contributed by atoms with Crippen LogP contribution < -0.4 is 31.9 Å². The number of nitrogens with one attached hydrogen (secondary N) is 6. The maximum Gasteiger partial charge on any atom is 0.320 e. The van der Waals surface area contributed by atoms with Crippen LogP contribution in [0.5, 0.6) is 0 Å². The predicted octanol–water partition coefficient (Wildman–Crippen LogP) is -3.34. The Morgan fingerprint density at radius 3 is 0.553 bits per heavy atom. The van der Waals surface area contributed by atoms with E-state index in [0.29, 0.717) is 16.7 Å². The average Bonchev–Trinajstić information content (AvgIpc) is 0.808. The Bertz CT molecular complexity index is 4170. The first-order valence-electron chi connectivity index (χ1n) is 44.6. The molecular weight excluding hydrogens is 1870 g/mol. The highest BCUT2D eigenvalue weighted by Crippen LogP contribution is 2.20. The number of carbonyl (C=O) groups excluding carboxylic acids is 6. The van der Waals surface area contributed by atoms with Crippen LogP contribution in [0.25, 0.3) is 0 Å². The van der Waals surface area contributed by atoms with Gasteiger partial charge in [-0.25, -0.2) is 0 Å². The molecule has 0 unspecified atom stereocenters. The lowest BCUT2D eigenvalue weighted by Gasteiger charge is -2.32. The maximum absolute atomic E-state index is 15.2. The fraction of sp³-hybridized carbons (Fsp3) is 0.500. The van der Waals surface area contributed by atoms with Gasteiger partial charge in [0.25, 0.3) is 17.7 Å². The second-order valence-electron chi connectivity index (χ2n) is 33.0. The fourth-order valence-corrected chi connectivity index (χ4v) is 15.2. The maximum atomic E-state index is 15.2. The number of hydrogen-bond donors (Lipinski definition) is 21. The number of benzene rings is 4. The van der Waals surface area contributed by atoms with Gasteiger partial charge in [0.1, 0.15) is 36.3 Å². The number of carboxylic acids is 15. The lowest BCUT2D eigenvalue weighted by molar-refractivity contribution is -0.146. The Morgan fingerprint density at radius 2 is 0.397 bits per heavy atom. The number of aliphatic carboxylic acids is 15. The second kappa shape index (κ2) is 63.8. The summed E-state index contributed by atoms with van der Waals surface area (Å²) < 4.78 is 0. The highest BCUT2D eigenvalue weighted by molar-refractivity contribution is 6.07. The van der Waals surface area contributed by atoms with Crippen molar-refractivity contribution in [2.75, 3.05) is 177 Å². The quantitative estimate of drug-likeness (QED) is 0.0192. The summed E-state index contributed by atoms with van der Waals surface area (Å²) >= 11 is 0. The minimum Gasteiger partial charge on any atom is -0.480 e. The third-order valence-electron chi connectivity index (χ3n) is 21.7. The zero-order chi connectivity index (χ0) is 105. The van der Waals surface area contributed by atoms with Gasteiger partial charge in [0, 0.05) is 134 Å². The molecule has 0 aliphatic carbocycles. The molecule has 774 valence electrons. The average molecular weight is 1990 g/mol. The number of rotatable bonds is 78. The van der Waals surface area contributed by atoms with Crippen LogP contribution in [0.2, 0.25) is 0 Å². The first-order valence-corrected chi connectivity index (χ1v) is 44.6. The van der Waals surface area contributed by atoms with E-state index in [1.54, 1.807) is 91.0 Å². The molecule has 0 radical (unpaired) electrons. The number of nitrogens with zero attached hydrogens (tertiary/aromatic N) is 9. The van der Waals surface area contributed by atoms with Crippen LogP contribution in [0.15, 0.2) is 109 Å². The van der Waals surface area contributed by atoms with Gasteiger partial charge in [-0.05, 0) is 92.7 Å². The number of carbonyl (C=O) groups is 21. The summed E-state index contributed by atoms with van der Waals surface area (Å²) in [5.74, 6) is -27.3. The number of unbranched alkanes of at least 4 members (excludes halogenated alkanes) is 3. The summed E-state index contributed by atoms with van der Waals surface area (Å²) in [7, 11) is 0. The molecule has 0 spiro atoms. The Kier molecular flexibility index (Phi) is 53.7. The molecule has 0 bridgehead atoms. The Hall–Kier alpha value is -14.6. The zero-order valence-corrected chi connectivity index (χ0v) is 77.2. The molecule has 0 aromatic heterocycles. The topological polar surface area (TPSA) is 763 Å². The molecule has 0 fully saturated rings. The van der Waals surface area contributed by atoms with Crippen LogP contribution in [-0.4, -0.2) is 459 Å². The summed E-state index contributed by atoms with van der Waals surface area (Å²) in [6.45, 7) is -14.0. The van der Waals surface area contributed by atoms with Crippen molar-refractivity contribution in [3.63, 3.8) is 0 Å². The SMILES string of the molecule is O=C(O)CN(CCN(CCN(CC(=O)O)CC(=O)O)[C@@H](CCCCNC(=O)[C@H](Cc1ccccc1)NC(=O)c1cc(C(=O)N[C@@H](Cc2ccccc2)C(=O)NCCCC[C@@H](C(=O)O)N(CCN(CC(=O)O)CC(=O)O)CCN(CC(=O)O)CC(=O)O)cc(C(=O)N[C@@H](Cc2ccccc2)C(=O)NCCCC[C@@H](C(=O)O)N(CCN(CC(=O)O)CC(=O)O)CCN(CC(=O)O)CC(=O)O)c1)C(=O)O)CC(=O)O. The smallest absolute Gasteiger partial charge is 0.320 e. The minimum absolute atomic E-state index is 0.00122. The summed E-state index contributed by atoms with van der Waals surface area (Å²) in [5, 5.41) is 162. The summed E-state index contributed by atoms with van der Waals surface area (Å²) in [4.78, 5) is 279. The molecule has 0 saturated carbocycles. The van der Waals surface area contributed by atoms with Crippen molar-refractivity contribution in [2.24, 2.45) is 0 Å². The van der Waals surface area contributed by atoms with Gasteiger partial charge in [0.15, 0.2) is 0 Å². The van der Waals surface area contributed by atoms with Crippen molar-refractivity contribution in [1.82, 2.24) is 76.0 Å². The lowest BCUT2D eigenvalue weighted by atomic mass is 10.00. The van der Waals surface area contributed by atoms with Crippen molar-refractivity contribution < 1.29 is 177 Å². The molecule has 0 aliphatic heterocycles. The van der Waals surface area contributed by atoms with Crippen molar-refractivity contribution in [3.05, 3.63) is 143 Å². The van der Waals surface area contributed by atoms with E-state index in [1.807, 2.05) is 0 Å². The van der Waals surface area contributed by atoms with Crippen LogP contribution in [0.1, 0.15) is 106 Å². The van der Waals surface area contributed by atoms with Crippen LogP contribution in [0.3, 0.4) is 0 Å². The van der Waals surface area contributed by atoms with Gasteiger partial charge < -0.3 is 108 Å². The highest BCUT2D eigenvalue weighted by Gasteiger charge is 2.35. The predicted molar refractivity (Wildman–Crippen MR) is 490 cm³/mol. The van der Waals surface area contributed by atoms with E-state index in [0.717, 1.165) is 47.6 Å². The second-order valence-corrected chi connectivity index (χ2v) is 33.0. The van der Waals surface area contributed by atoms with E-state index in [-0.39, 0.29) is 175 Å². The van der Waals surface area contributed by atoms with E-state index in [1.165, 1.54) is 14.7 Å². The molecule has 51 nitrogen and oxygen atoms in total. The van der Waals surface area contributed by atoms with E-state index >= 15 is 14.4 Å². The molecule has 141 heavy (non-hydrogen) atoms. The molecule has 21 N–H and O–H groups in total. The van der Waals surface area contributed by atoms with E-state index in [9.17, 15) is 163 Å². The van der Waals surface area contributed by atoms with Gasteiger partial charge in [-0.2, -0.15) is 0 Å². The van der Waals surface area contributed by atoms with Gasteiger partial charge in [-0.15, -0.1) is 0 Å². The molecule has 51 heteroatoms. The lowest BCUT2D eigenvalue weighted by Crippen LogP contribution is -2.50. The number of carboxylic acid groups (broad SMARTS) is 15. The Morgan fingerprint density at radius 1 is 0.227 bits per heavy atom. The fourth-order valence-electron chi connectivity index (χ4n) is 15.2. The van der Waals surface area contributed by atoms with Gasteiger partial charge in [-0.1, -0.05) is 91.0 Å². The van der Waals surface area contributed by atoms with Crippen LogP contribution >= 0.6 is 0 Å². The number of hydrogen-bond acceptors (Lipinski definition) is 30. The van der Waals surface area contributed by atoms with E-state index < -0.39 is 256 Å². The zero-order valence-electron chi connectivity index (χ0n) is 77.2. The largest absolute Gasteiger partial charge is 0.480 e. The first kappa shape index (κ1) is 119. The van der Waals surface area contributed by atoms with Gasteiger partial charge in [-0.3, -0.25) is 145 Å².